The Morgan fingerprint density at radius 1 is 1.28 bits per heavy atom. The zero-order chi connectivity index (χ0) is 12.4. The summed E-state index contributed by atoms with van der Waals surface area (Å²) in [5.74, 6) is 1.35. The monoisotopic (exact) mass is 244 g/mol. The fourth-order valence-electron chi connectivity index (χ4n) is 2.14. The lowest BCUT2D eigenvalue weighted by Gasteiger charge is -2.28. The smallest absolute Gasteiger partial charge is 0.324 e. The topological polar surface area (TPSA) is 55.1 Å². The maximum Gasteiger partial charge on any atom is 0.324 e. The van der Waals surface area contributed by atoms with Gasteiger partial charge in [0.05, 0.1) is 0 Å². The van der Waals surface area contributed by atoms with Crippen molar-refractivity contribution in [1.82, 2.24) is 15.1 Å². The van der Waals surface area contributed by atoms with Crippen molar-refractivity contribution < 1.29 is 4.52 Å². The standard InChI is InChI=1S/C13H16N4O/c1-10-5-8-17(9-6-10)13-15-12(16-18-13)11-4-2-3-7-14-11/h2-4,7,10H,5-6,8-9H2,1H3. The minimum absolute atomic E-state index is 0.559. The summed E-state index contributed by atoms with van der Waals surface area (Å²) in [4.78, 5) is 10.8. The molecule has 0 aliphatic carbocycles. The molecule has 0 bridgehead atoms. The molecule has 94 valence electrons. The summed E-state index contributed by atoms with van der Waals surface area (Å²) in [6.07, 6.45) is 4.09. The molecule has 1 fully saturated rings. The molecule has 18 heavy (non-hydrogen) atoms. The number of pyridine rings is 1. The van der Waals surface area contributed by atoms with Crippen molar-refractivity contribution >= 4 is 6.01 Å². The molecule has 0 atom stereocenters. The van der Waals surface area contributed by atoms with Crippen LogP contribution in [0.3, 0.4) is 0 Å². The van der Waals surface area contributed by atoms with Crippen molar-refractivity contribution in [3.05, 3.63) is 24.4 Å². The molecule has 5 nitrogen and oxygen atoms in total. The molecule has 0 saturated carbocycles. The van der Waals surface area contributed by atoms with E-state index in [0.29, 0.717) is 11.8 Å². The van der Waals surface area contributed by atoms with Gasteiger partial charge in [0, 0.05) is 19.3 Å². The summed E-state index contributed by atoms with van der Waals surface area (Å²) in [7, 11) is 0. The van der Waals surface area contributed by atoms with E-state index in [1.54, 1.807) is 6.20 Å². The second-order valence-electron chi connectivity index (χ2n) is 4.79. The fraction of sp³-hybridized carbons (Fsp3) is 0.462. The molecule has 3 rings (SSSR count). The predicted octanol–water partition coefficient (Wildman–Crippen LogP) is 2.37. The molecule has 1 aliphatic rings. The number of hydrogen-bond acceptors (Lipinski definition) is 5. The lowest BCUT2D eigenvalue weighted by atomic mass is 10.00. The van der Waals surface area contributed by atoms with Crippen LogP contribution in [0.15, 0.2) is 28.9 Å². The van der Waals surface area contributed by atoms with Crippen LogP contribution in [-0.4, -0.2) is 28.2 Å². The lowest BCUT2D eigenvalue weighted by Crippen LogP contribution is -2.32. The molecule has 5 heteroatoms. The van der Waals surface area contributed by atoms with Crippen LogP contribution >= 0.6 is 0 Å². The molecule has 0 aromatic carbocycles. The SMILES string of the molecule is CC1CCN(c2nc(-c3ccccn3)no2)CC1. The second-order valence-corrected chi connectivity index (χ2v) is 4.79. The van der Waals surface area contributed by atoms with Crippen molar-refractivity contribution in [3.8, 4) is 11.5 Å². The van der Waals surface area contributed by atoms with E-state index < -0.39 is 0 Å². The first-order valence-electron chi connectivity index (χ1n) is 6.33. The van der Waals surface area contributed by atoms with Gasteiger partial charge in [-0.2, -0.15) is 4.98 Å². The summed E-state index contributed by atoms with van der Waals surface area (Å²) in [5.41, 5.74) is 0.748. The van der Waals surface area contributed by atoms with E-state index in [9.17, 15) is 0 Å². The highest BCUT2D eigenvalue weighted by molar-refractivity contribution is 5.49. The third-order valence-corrected chi connectivity index (χ3v) is 3.36. The van der Waals surface area contributed by atoms with E-state index in [0.717, 1.165) is 24.7 Å². The first-order chi connectivity index (χ1) is 8.83. The van der Waals surface area contributed by atoms with Gasteiger partial charge in [0.25, 0.3) is 0 Å². The van der Waals surface area contributed by atoms with Gasteiger partial charge in [0.2, 0.25) is 5.82 Å². The Balaban J connectivity index is 1.78. The highest BCUT2D eigenvalue weighted by Crippen LogP contribution is 2.23. The molecule has 3 heterocycles. The van der Waals surface area contributed by atoms with Gasteiger partial charge in [0.1, 0.15) is 5.69 Å². The van der Waals surface area contributed by atoms with Gasteiger partial charge in [-0.25, -0.2) is 0 Å². The minimum Gasteiger partial charge on any atom is -0.324 e. The second kappa shape index (κ2) is 4.76. The Bertz CT molecular complexity index is 503. The number of piperidine rings is 1. The third kappa shape index (κ3) is 2.20. The normalized spacial score (nSPS) is 17.1. The first kappa shape index (κ1) is 11.2. The summed E-state index contributed by atoms with van der Waals surface area (Å²) < 4.78 is 5.32. The van der Waals surface area contributed by atoms with Crippen molar-refractivity contribution in [1.29, 1.82) is 0 Å². The number of hydrogen-bond donors (Lipinski definition) is 0. The molecule has 0 N–H and O–H groups in total. The van der Waals surface area contributed by atoms with Crippen LogP contribution in [-0.2, 0) is 0 Å². The summed E-state index contributed by atoms with van der Waals surface area (Å²) in [6.45, 7) is 4.26. The zero-order valence-electron chi connectivity index (χ0n) is 10.4. The molecule has 1 aliphatic heterocycles. The summed E-state index contributed by atoms with van der Waals surface area (Å²) >= 11 is 0. The molecule has 0 spiro atoms. The van der Waals surface area contributed by atoms with Gasteiger partial charge < -0.3 is 9.42 Å². The van der Waals surface area contributed by atoms with Gasteiger partial charge in [-0.05, 0) is 30.9 Å². The summed E-state index contributed by atoms with van der Waals surface area (Å²) in [6, 6.07) is 6.28. The lowest BCUT2D eigenvalue weighted by molar-refractivity contribution is 0.377. The summed E-state index contributed by atoms with van der Waals surface area (Å²) in [5, 5.41) is 3.99. The maximum atomic E-state index is 5.32. The number of anilines is 1. The molecular formula is C13H16N4O. The van der Waals surface area contributed by atoms with Gasteiger partial charge in [-0.15, -0.1) is 0 Å². The van der Waals surface area contributed by atoms with Crippen molar-refractivity contribution in [2.75, 3.05) is 18.0 Å². The van der Waals surface area contributed by atoms with E-state index >= 15 is 0 Å². The van der Waals surface area contributed by atoms with E-state index in [4.69, 9.17) is 4.52 Å². The molecule has 2 aromatic heterocycles. The Morgan fingerprint density at radius 3 is 2.83 bits per heavy atom. The molecule has 0 radical (unpaired) electrons. The highest BCUT2D eigenvalue weighted by atomic mass is 16.5. The largest absolute Gasteiger partial charge is 0.324 e. The van der Waals surface area contributed by atoms with E-state index in [2.05, 4.69) is 26.9 Å². The molecule has 1 saturated heterocycles. The molecular weight excluding hydrogens is 228 g/mol. The van der Waals surface area contributed by atoms with Gasteiger partial charge in [-0.1, -0.05) is 18.1 Å². The van der Waals surface area contributed by atoms with E-state index in [-0.39, 0.29) is 0 Å². The van der Waals surface area contributed by atoms with Crippen LogP contribution in [0, 0.1) is 5.92 Å². The highest BCUT2D eigenvalue weighted by Gasteiger charge is 2.21. The Kier molecular flexibility index (Phi) is 2.96. The Hall–Kier alpha value is -1.91. The minimum atomic E-state index is 0.559. The number of nitrogens with zero attached hydrogens (tertiary/aromatic N) is 4. The first-order valence-corrected chi connectivity index (χ1v) is 6.33. The Labute approximate surface area is 106 Å². The van der Waals surface area contributed by atoms with Gasteiger partial charge in [0.15, 0.2) is 0 Å². The number of rotatable bonds is 2. The average Bonchev–Trinajstić information content (AvgIpc) is 2.90. The van der Waals surface area contributed by atoms with Crippen LogP contribution < -0.4 is 4.90 Å². The van der Waals surface area contributed by atoms with E-state index in [1.165, 1.54) is 12.8 Å². The van der Waals surface area contributed by atoms with Crippen LogP contribution in [0.25, 0.3) is 11.5 Å². The van der Waals surface area contributed by atoms with Crippen molar-refractivity contribution in [3.63, 3.8) is 0 Å². The fourth-order valence-corrected chi connectivity index (χ4v) is 2.14. The van der Waals surface area contributed by atoms with Crippen LogP contribution in [0.5, 0.6) is 0 Å². The average molecular weight is 244 g/mol. The predicted molar refractivity (Wildman–Crippen MR) is 68.1 cm³/mol. The maximum absolute atomic E-state index is 5.32. The quantitative estimate of drug-likeness (QED) is 0.811. The van der Waals surface area contributed by atoms with Crippen LogP contribution in [0.1, 0.15) is 19.8 Å². The Morgan fingerprint density at radius 2 is 2.11 bits per heavy atom. The van der Waals surface area contributed by atoms with Crippen molar-refractivity contribution in [2.24, 2.45) is 5.92 Å². The van der Waals surface area contributed by atoms with Gasteiger partial charge >= 0.3 is 6.01 Å². The molecule has 0 unspecified atom stereocenters. The molecule has 2 aromatic rings. The van der Waals surface area contributed by atoms with Crippen molar-refractivity contribution in [2.45, 2.75) is 19.8 Å². The van der Waals surface area contributed by atoms with Gasteiger partial charge in [-0.3, -0.25) is 4.98 Å². The zero-order valence-corrected chi connectivity index (χ0v) is 10.4. The molecule has 0 amide bonds. The van der Waals surface area contributed by atoms with E-state index in [1.807, 2.05) is 18.2 Å². The van der Waals surface area contributed by atoms with Crippen LogP contribution in [0.2, 0.25) is 0 Å². The van der Waals surface area contributed by atoms with Crippen LogP contribution in [0.4, 0.5) is 6.01 Å². The third-order valence-electron chi connectivity index (χ3n) is 3.36. The number of aromatic nitrogens is 3.